The van der Waals surface area contributed by atoms with Crippen LogP contribution in [-0.4, -0.2) is 11.0 Å². The average Bonchev–Trinajstić information content (AvgIpc) is 2.56. The van der Waals surface area contributed by atoms with Crippen molar-refractivity contribution in [1.29, 1.82) is 0 Å². The standard InChI is InChI=1S/C18H15ClFN3OS/c1-10-15(17(24)22-12-8-6-11(20)7-9-12)16(23-18(25)21-10)13-4-2-3-5-14(13)19/h2-9,16H,1H3,(H,22,24)(H2,21,23,25)/t16-/m0/s1. The van der Waals surface area contributed by atoms with Crippen LogP contribution >= 0.6 is 23.8 Å². The van der Waals surface area contributed by atoms with Gasteiger partial charge in [0, 0.05) is 16.4 Å². The number of carbonyl (C=O) groups excluding carboxylic acids is 1. The van der Waals surface area contributed by atoms with Crippen LogP contribution in [0.3, 0.4) is 0 Å². The molecule has 3 N–H and O–H groups in total. The highest BCUT2D eigenvalue weighted by Gasteiger charge is 2.31. The maximum Gasteiger partial charge on any atom is 0.255 e. The van der Waals surface area contributed by atoms with Crippen molar-refractivity contribution in [2.45, 2.75) is 13.0 Å². The van der Waals surface area contributed by atoms with Gasteiger partial charge in [-0.05, 0) is 55.0 Å². The molecule has 7 heteroatoms. The quantitative estimate of drug-likeness (QED) is 0.712. The fourth-order valence-electron chi connectivity index (χ4n) is 2.67. The van der Waals surface area contributed by atoms with Gasteiger partial charge in [-0.3, -0.25) is 4.79 Å². The largest absolute Gasteiger partial charge is 0.351 e. The van der Waals surface area contributed by atoms with E-state index in [9.17, 15) is 9.18 Å². The molecule has 0 bridgehead atoms. The fraction of sp³-hybridized carbons (Fsp3) is 0.111. The Morgan fingerprint density at radius 1 is 1.20 bits per heavy atom. The summed E-state index contributed by atoms with van der Waals surface area (Å²) in [5.41, 5.74) is 2.34. The molecule has 2 aromatic rings. The Hall–Kier alpha value is -2.44. The van der Waals surface area contributed by atoms with Crippen LogP contribution in [-0.2, 0) is 4.79 Å². The maximum absolute atomic E-state index is 13.0. The van der Waals surface area contributed by atoms with E-state index in [1.165, 1.54) is 24.3 Å². The molecule has 1 aliphatic heterocycles. The topological polar surface area (TPSA) is 53.2 Å². The van der Waals surface area contributed by atoms with E-state index in [1.54, 1.807) is 13.0 Å². The zero-order valence-corrected chi connectivity index (χ0v) is 14.8. The lowest BCUT2D eigenvalue weighted by molar-refractivity contribution is -0.113. The molecule has 1 heterocycles. The number of hydrogen-bond acceptors (Lipinski definition) is 2. The molecule has 0 saturated carbocycles. The smallest absolute Gasteiger partial charge is 0.255 e. The van der Waals surface area contributed by atoms with Crippen molar-refractivity contribution in [1.82, 2.24) is 10.6 Å². The Bertz CT molecular complexity index is 867. The van der Waals surface area contributed by atoms with Gasteiger partial charge in [-0.1, -0.05) is 29.8 Å². The van der Waals surface area contributed by atoms with Crippen molar-refractivity contribution in [3.63, 3.8) is 0 Å². The van der Waals surface area contributed by atoms with Crippen molar-refractivity contribution in [2.75, 3.05) is 5.32 Å². The van der Waals surface area contributed by atoms with Crippen LogP contribution < -0.4 is 16.0 Å². The number of carbonyl (C=O) groups is 1. The van der Waals surface area contributed by atoms with Gasteiger partial charge in [-0.15, -0.1) is 0 Å². The molecule has 1 amide bonds. The summed E-state index contributed by atoms with van der Waals surface area (Å²) in [4.78, 5) is 12.8. The van der Waals surface area contributed by atoms with Gasteiger partial charge in [0.25, 0.3) is 5.91 Å². The lowest BCUT2D eigenvalue weighted by Gasteiger charge is -2.30. The first kappa shape index (κ1) is 17.4. The van der Waals surface area contributed by atoms with Gasteiger partial charge in [0.2, 0.25) is 0 Å². The minimum atomic E-state index is -0.483. The van der Waals surface area contributed by atoms with E-state index >= 15 is 0 Å². The van der Waals surface area contributed by atoms with Crippen LogP contribution in [0.2, 0.25) is 5.02 Å². The second-order valence-electron chi connectivity index (χ2n) is 5.55. The average molecular weight is 376 g/mol. The van der Waals surface area contributed by atoms with Crippen molar-refractivity contribution in [3.05, 3.63) is 76.2 Å². The minimum Gasteiger partial charge on any atom is -0.351 e. The lowest BCUT2D eigenvalue weighted by Crippen LogP contribution is -2.45. The first-order valence-corrected chi connectivity index (χ1v) is 8.34. The molecule has 0 aromatic heterocycles. The molecule has 1 aliphatic rings. The number of nitrogens with one attached hydrogen (secondary N) is 3. The van der Waals surface area contributed by atoms with Gasteiger partial charge in [0.15, 0.2) is 5.11 Å². The number of thiocarbonyl (C=S) groups is 1. The summed E-state index contributed by atoms with van der Waals surface area (Å²) in [5.74, 6) is -0.690. The van der Waals surface area contributed by atoms with Crippen LogP contribution in [0.15, 0.2) is 59.8 Å². The number of amides is 1. The molecule has 4 nitrogen and oxygen atoms in total. The van der Waals surface area contributed by atoms with Gasteiger partial charge in [-0.2, -0.15) is 0 Å². The predicted molar refractivity (Wildman–Crippen MR) is 101 cm³/mol. The molecular weight excluding hydrogens is 361 g/mol. The summed E-state index contributed by atoms with van der Waals surface area (Å²) in [6.07, 6.45) is 0. The van der Waals surface area contributed by atoms with E-state index in [0.29, 0.717) is 27.1 Å². The van der Waals surface area contributed by atoms with Crippen molar-refractivity contribution < 1.29 is 9.18 Å². The van der Waals surface area contributed by atoms with Gasteiger partial charge in [-0.25, -0.2) is 4.39 Å². The van der Waals surface area contributed by atoms with Gasteiger partial charge < -0.3 is 16.0 Å². The first-order valence-electron chi connectivity index (χ1n) is 7.55. The second-order valence-corrected chi connectivity index (χ2v) is 6.37. The van der Waals surface area contributed by atoms with Crippen LogP contribution in [0.25, 0.3) is 0 Å². The number of rotatable bonds is 3. The Kier molecular flexibility index (Phi) is 5.01. The minimum absolute atomic E-state index is 0.323. The van der Waals surface area contributed by atoms with E-state index in [0.717, 1.165) is 5.56 Å². The highest BCUT2D eigenvalue weighted by atomic mass is 35.5. The number of benzene rings is 2. The normalized spacial score (nSPS) is 16.9. The van der Waals surface area contributed by atoms with Crippen molar-refractivity contribution in [3.8, 4) is 0 Å². The Balaban J connectivity index is 1.96. The molecule has 2 aromatic carbocycles. The van der Waals surface area contributed by atoms with Crippen LogP contribution in [0.5, 0.6) is 0 Å². The third kappa shape index (κ3) is 3.81. The number of allylic oxidation sites excluding steroid dienone is 1. The summed E-state index contributed by atoms with van der Waals surface area (Å²) in [6.45, 7) is 1.77. The highest BCUT2D eigenvalue weighted by molar-refractivity contribution is 7.80. The zero-order valence-electron chi connectivity index (χ0n) is 13.3. The summed E-state index contributed by atoms with van der Waals surface area (Å²) in [7, 11) is 0. The van der Waals surface area contributed by atoms with Gasteiger partial charge >= 0.3 is 0 Å². The summed E-state index contributed by atoms with van der Waals surface area (Å²) in [6, 6.07) is 12.4. The second kappa shape index (κ2) is 7.21. The molecule has 0 aliphatic carbocycles. The third-order valence-electron chi connectivity index (χ3n) is 3.83. The molecule has 1 atom stereocenters. The lowest BCUT2D eigenvalue weighted by atomic mass is 9.95. The number of anilines is 1. The van der Waals surface area contributed by atoms with Crippen LogP contribution in [0.1, 0.15) is 18.5 Å². The van der Waals surface area contributed by atoms with Crippen LogP contribution in [0, 0.1) is 5.82 Å². The van der Waals surface area contributed by atoms with E-state index in [-0.39, 0.29) is 11.7 Å². The van der Waals surface area contributed by atoms with Crippen LogP contribution in [0.4, 0.5) is 10.1 Å². The SMILES string of the molecule is CC1=C(C(=O)Nc2ccc(F)cc2)[C@H](c2ccccc2Cl)NC(=S)N1. The molecule has 0 fully saturated rings. The van der Waals surface area contributed by atoms with E-state index in [2.05, 4.69) is 16.0 Å². The predicted octanol–water partition coefficient (Wildman–Crippen LogP) is 3.91. The van der Waals surface area contributed by atoms with Crippen molar-refractivity contribution in [2.24, 2.45) is 0 Å². The third-order valence-corrected chi connectivity index (χ3v) is 4.40. The molecule has 0 unspecified atom stereocenters. The zero-order chi connectivity index (χ0) is 18.0. The first-order chi connectivity index (χ1) is 12.0. The monoisotopic (exact) mass is 375 g/mol. The highest BCUT2D eigenvalue weighted by Crippen LogP contribution is 2.32. The fourth-order valence-corrected chi connectivity index (χ4v) is 3.18. The summed E-state index contributed by atoms with van der Waals surface area (Å²) < 4.78 is 13.0. The number of halogens is 2. The van der Waals surface area contributed by atoms with Crippen molar-refractivity contribution >= 4 is 40.5 Å². The maximum atomic E-state index is 13.0. The molecule has 0 saturated heterocycles. The van der Waals surface area contributed by atoms with E-state index < -0.39 is 6.04 Å². The molecule has 3 rings (SSSR count). The molecular formula is C18H15ClFN3OS. The van der Waals surface area contributed by atoms with Gasteiger partial charge in [0.1, 0.15) is 5.82 Å². The summed E-state index contributed by atoms with van der Waals surface area (Å²) >= 11 is 11.5. The van der Waals surface area contributed by atoms with Gasteiger partial charge in [0.05, 0.1) is 11.6 Å². The summed E-state index contributed by atoms with van der Waals surface area (Å²) in [5, 5.41) is 9.77. The Morgan fingerprint density at radius 3 is 2.56 bits per heavy atom. The molecule has 128 valence electrons. The Labute approximate surface area is 155 Å². The molecule has 0 radical (unpaired) electrons. The van der Waals surface area contributed by atoms with E-state index in [1.807, 2.05) is 18.2 Å². The number of hydrogen-bond donors (Lipinski definition) is 3. The Morgan fingerprint density at radius 2 is 1.88 bits per heavy atom. The van der Waals surface area contributed by atoms with E-state index in [4.69, 9.17) is 23.8 Å². The molecule has 25 heavy (non-hydrogen) atoms. The molecule has 0 spiro atoms.